The predicted molar refractivity (Wildman–Crippen MR) is 38.8 cm³/mol. The van der Waals surface area contributed by atoms with Crippen molar-refractivity contribution in [3.8, 4) is 0 Å². The van der Waals surface area contributed by atoms with Crippen molar-refractivity contribution in [2.45, 2.75) is 38.6 Å². The van der Waals surface area contributed by atoms with Crippen LogP contribution in [0.1, 0.15) is 33.1 Å². The lowest BCUT2D eigenvalue weighted by atomic mass is 9.82. The topological polar surface area (TPSA) is 29.3 Å². The maximum atomic E-state index is 5.71. The van der Waals surface area contributed by atoms with Crippen molar-refractivity contribution in [1.82, 2.24) is 5.01 Å². The van der Waals surface area contributed by atoms with Gasteiger partial charge in [-0.3, -0.25) is 5.84 Å². The molecule has 0 atom stereocenters. The number of nitrogens with zero attached hydrogens (tertiary/aromatic N) is 1. The van der Waals surface area contributed by atoms with Crippen LogP contribution in [0, 0.1) is 0 Å². The summed E-state index contributed by atoms with van der Waals surface area (Å²) in [6.45, 7) is 5.51. The van der Waals surface area contributed by atoms with Gasteiger partial charge in [-0.25, -0.2) is 5.01 Å². The molecule has 0 spiro atoms. The maximum Gasteiger partial charge on any atom is 0.0359 e. The molecule has 1 aliphatic rings. The number of hydrazine groups is 1. The molecular formula is C7H16N2. The average molecular weight is 128 g/mol. The molecule has 0 aromatic rings. The van der Waals surface area contributed by atoms with Gasteiger partial charge in [0, 0.05) is 12.1 Å². The van der Waals surface area contributed by atoms with Crippen molar-refractivity contribution in [3.63, 3.8) is 0 Å². The van der Waals surface area contributed by atoms with E-state index in [1.54, 1.807) is 0 Å². The quantitative estimate of drug-likeness (QED) is 0.565. The number of hydrogen-bond donors (Lipinski definition) is 1. The second kappa shape index (κ2) is 2.27. The fourth-order valence-electron chi connectivity index (χ4n) is 1.57. The molecule has 0 aromatic carbocycles. The molecule has 2 heteroatoms. The summed E-state index contributed by atoms with van der Waals surface area (Å²) in [6, 6.07) is 0. The lowest BCUT2D eigenvalue weighted by molar-refractivity contribution is -0.0219. The number of nitrogens with two attached hydrogens (primary N) is 1. The van der Waals surface area contributed by atoms with Gasteiger partial charge in [0.05, 0.1) is 0 Å². The fraction of sp³-hybridized carbons (Fsp3) is 1.00. The standard InChI is InChI=1S/C7H16N2/c1-3-7(4-2)5-6-9(7)8/h3-6,8H2,1-2H3. The monoisotopic (exact) mass is 128 g/mol. The first-order valence-corrected chi connectivity index (χ1v) is 3.77. The van der Waals surface area contributed by atoms with Gasteiger partial charge in [0.2, 0.25) is 0 Å². The van der Waals surface area contributed by atoms with E-state index >= 15 is 0 Å². The van der Waals surface area contributed by atoms with E-state index in [4.69, 9.17) is 5.84 Å². The highest BCUT2D eigenvalue weighted by Crippen LogP contribution is 2.33. The molecule has 0 saturated carbocycles. The highest BCUT2D eigenvalue weighted by Gasteiger charge is 2.39. The second-order valence-electron chi connectivity index (χ2n) is 2.87. The van der Waals surface area contributed by atoms with Crippen LogP contribution in [0.15, 0.2) is 0 Å². The predicted octanol–water partition coefficient (Wildman–Crippen LogP) is 1.12. The summed E-state index contributed by atoms with van der Waals surface area (Å²) in [5, 5.41) is 1.98. The van der Waals surface area contributed by atoms with Crippen LogP contribution in [0.5, 0.6) is 0 Å². The average Bonchev–Trinajstić information content (AvgIpc) is 1.89. The Hall–Kier alpha value is -0.0800. The molecule has 1 saturated heterocycles. The molecule has 1 fully saturated rings. The van der Waals surface area contributed by atoms with E-state index in [1.807, 2.05) is 5.01 Å². The number of rotatable bonds is 2. The Labute approximate surface area is 57.0 Å². The van der Waals surface area contributed by atoms with Crippen LogP contribution >= 0.6 is 0 Å². The van der Waals surface area contributed by atoms with Crippen LogP contribution < -0.4 is 5.84 Å². The highest BCUT2D eigenvalue weighted by molar-refractivity contribution is 4.94. The summed E-state index contributed by atoms with van der Waals surface area (Å²) in [4.78, 5) is 0. The fourth-order valence-corrected chi connectivity index (χ4v) is 1.57. The van der Waals surface area contributed by atoms with Gasteiger partial charge >= 0.3 is 0 Å². The van der Waals surface area contributed by atoms with E-state index < -0.39 is 0 Å². The summed E-state index contributed by atoms with van der Waals surface area (Å²) in [6.07, 6.45) is 3.68. The van der Waals surface area contributed by atoms with Crippen LogP contribution in [0.25, 0.3) is 0 Å². The third-order valence-electron chi connectivity index (χ3n) is 2.74. The van der Waals surface area contributed by atoms with E-state index in [0.29, 0.717) is 5.54 Å². The molecule has 1 aliphatic heterocycles. The van der Waals surface area contributed by atoms with Crippen molar-refractivity contribution in [2.75, 3.05) is 6.54 Å². The Bertz CT molecular complexity index is 91.6. The third-order valence-corrected chi connectivity index (χ3v) is 2.74. The minimum Gasteiger partial charge on any atom is -0.268 e. The summed E-state index contributed by atoms with van der Waals surface area (Å²) < 4.78 is 0. The Balaban J connectivity index is 2.48. The zero-order valence-corrected chi connectivity index (χ0v) is 6.35. The lowest BCUT2D eigenvalue weighted by Crippen LogP contribution is -2.62. The Morgan fingerprint density at radius 3 is 2.00 bits per heavy atom. The molecular weight excluding hydrogens is 112 g/mol. The van der Waals surface area contributed by atoms with Gasteiger partial charge in [-0.15, -0.1) is 0 Å². The molecule has 0 bridgehead atoms. The van der Waals surface area contributed by atoms with Crippen LogP contribution in [0.4, 0.5) is 0 Å². The lowest BCUT2D eigenvalue weighted by Gasteiger charge is -2.49. The van der Waals surface area contributed by atoms with Crippen molar-refractivity contribution in [1.29, 1.82) is 0 Å². The van der Waals surface area contributed by atoms with Crippen LogP contribution in [-0.4, -0.2) is 17.1 Å². The summed E-state index contributed by atoms with van der Waals surface area (Å²) in [7, 11) is 0. The molecule has 54 valence electrons. The first kappa shape index (κ1) is 7.03. The normalized spacial score (nSPS) is 25.7. The van der Waals surface area contributed by atoms with Crippen LogP contribution in [0.2, 0.25) is 0 Å². The van der Waals surface area contributed by atoms with Gasteiger partial charge in [-0.05, 0) is 19.3 Å². The minimum atomic E-state index is 0.375. The molecule has 0 aromatic heterocycles. The van der Waals surface area contributed by atoms with Gasteiger partial charge in [0.25, 0.3) is 0 Å². The van der Waals surface area contributed by atoms with E-state index in [-0.39, 0.29) is 0 Å². The molecule has 9 heavy (non-hydrogen) atoms. The molecule has 0 amide bonds. The minimum absolute atomic E-state index is 0.375. The van der Waals surface area contributed by atoms with Crippen molar-refractivity contribution in [2.24, 2.45) is 5.84 Å². The molecule has 1 heterocycles. The Kier molecular flexibility index (Phi) is 1.78. The summed E-state index contributed by atoms with van der Waals surface area (Å²) in [5.74, 6) is 5.71. The largest absolute Gasteiger partial charge is 0.268 e. The van der Waals surface area contributed by atoms with Crippen molar-refractivity contribution >= 4 is 0 Å². The molecule has 2 N–H and O–H groups in total. The Morgan fingerprint density at radius 1 is 1.44 bits per heavy atom. The van der Waals surface area contributed by atoms with E-state index in [9.17, 15) is 0 Å². The molecule has 1 rings (SSSR count). The van der Waals surface area contributed by atoms with Gasteiger partial charge in [0.1, 0.15) is 0 Å². The summed E-state index contributed by atoms with van der Waals surface area (Å²) >= 11 is 0. The second-order valence-corrected chi connectivity index (χ2v) is 2.87. The third kappa shape index (κ3) is 0.864. The Morgan fingerprint density at radius 2 is 2.00 bits per heavy atom. The van der Waals surface area contributed by atoms with Gasteiger partial charge < -0.3 is 0 Å². The SMILES string of the molecule is CCC1(CC)CCN1N. The van der Waals surface area contributed by atoms with Crippen molar-refractivity contribution in [3.05, 3.63) is 0 Å². The smallest absolute Gasteiger partial charge is 0.0359 e. The van der Waals surface area contributed by atoms with Crippen LogP contribution in [0.3, 0.4) is 0 Å². The maximum absolute atomic E-state index is 5.71. The van der Waals surface area contributed by atoms with E-state index in [2.05, 4.69) is 13.8 Å². The molecule has 0 radical (unpaired) electrons. The molecule has 0 unspecified atom stereocenters. The van der Waals surface area contributed by atoms with Crippen molar-refractivity contribution < 1.29 is 0 Å². The molecule has 2 nitrogen and oxygen atoms in total. The highest BCUT2D eigenvalue weighted by atomic mass is 15.5. The van der Waals surface area contributed by atoms with E-state index in [1.165, 1.54) is 19.3 Å². The zero-order valence-electron chi connectivity index (χ0n) is 6.35. The van der Waals surface area contributed by atoms with Gasteiger partial charge in [-0.2, -0.15) is 0 Å². The van der Waals surface area contributed by atoms with E-state index in [0.717, 1.165) is 6.54 Å². The first-order valence-electron chi connectivity index (χ1n) is 3.77. The zero-order chi connectivity index (χ0) is 6.91. The number of hydrogen-bond acceptors (Lipinski definition) is 2. The van der Waals surface area contributed by atoms with Crippen LogP contribution in [-0.2, 0) is 0 Å². The van der Waals surface area contributed by atoms with Gasteiger partial charge in [-0.1, -0.05) is 13.8 Å². The molecule has 0 aliphatic carbocycles. The van der Waals surface area contributed by atoms with Gasteiger partial charge in [0.15, 0.2) is 0 Å². The first-order chi connectivity index (χ1) is 4.25. The summed E-state index contributed by atoms with van der Waals surface area (Å²) in [5.41, 5.74) is 0.375.